The Labute approximate surface area is 90.7 Å². The molecule has 0 saturated carbocycles. The maximum Gasteiger partial charge on any atom is 0.416 e. The van der Waals surface area contributed by atoms with Crippen molar-refractivity contribution in [2.45, 2.75) is 32.0 Å². The highest BCUT2D eigenvalue weighted by atomic mass is 19.4. The lowest BCUT2D eigenvalue weighted by molar-refractivity contribution is -0.137. The van der Waals surface area contributed by atoms with E-state index < -0.39 is 23.7 Å². The van der Waals surface area contributed by atoms with Gasteiger partial charge in [0.25, 0.3) is 0 Å². The second kappa shape index (κ2) is 4.82. The maximum absolute atomic E-state index is 13.2. The van der Waals surface area contributed by atoms with Crippen LogP contribution in [0.3, 0.4) is 0 Å². The molecule has 1 aromatic carbocycles. The average Bonchev–Trinajstić information content (AvgIpc) is 2.16. The molecule has 0 fully saturated rings. The molecule has 1 aromatic rings. The lowest BCUT2D eigenvalue weighted by Crippen LogP contribution is -2.08. The van der Waals surface area contributed by atoms with E-state index in [2.05, 4.69) is 0 Å². The standard InChI is InChI=1S/C11H12F4O/c1-2-3-10(16)8-6-7(11(13,14)15)4-5-9(8)12/h4-6,10,16H,2-3H2,1H3. The number of alkyl halides is 3. The fraction of sp³-hybridized carbons (Fsp3) is 0.455. The zero-order valence-corrected chi connectivity index (χ0v) is 8.68. The molecule has 0 radical (unpaired) electrons. The summed E-state index contributed by atoms with van der Waals surface area (Å²) >= 11 is 0. The van der Waals surface area contributed by atoms with Crippen molar-refractivity contribution >= 4 is 0 Å². The molecule has 0 bridgehead atoms. The van der Waals surface area contributed by atoms with Gasteiger partial charge < -0.3 is 5.11 Å². The number of aliphatic hydroxyl groups excluding tert-OH is 1. The quantitative estimate of drug-likeness (QED) is 0.794. The molecule has 0 amide bonds. The van der Waals surface area contributed by atoms with Crippen molar-refractivity contribution in [1.82, 2.24) is 0 Å². The zero-order valence-electron chi connectivity index (χ0n) is 8.68. The largest absolute Gasteiger partial charge is 0.416 e. The smallest absolute Gasteiger partial charge is 0.388 e. The van der Waals surface area contributed by atoms with Gasteiger partial charge in [-0.25, -0.2) is 4.39 Å². The summed E-state index contributed by atoms with van der Waals surface area (Å²) in [6.07, 6.45) is -4.91. The van der Waals surface area contributed by atoms with E-state index in [0.717, 1.165) is 6.07 Å². The Balaban J connectivity index is 3.09. The van der Waals surface area contributed by atoms with Crippen molar-refractivity contribution in [2.75, 3.05) is 0 Å². The molecule has 0 aliphatic rings. The van der Waals surface area contributed by atoms with Crippen molar-refractivity contribution < 1.29 is 22.7 Å². The van der Waals surface area contributed by atoms with Crippen molar-refractivity contribution in [2.24, 2.45) is 0 Å². The molecule has 0 heterocycles. The van der Waals surface area contributed by atoms with Crippen LogP contribution in [0.5, 0.6) is 0 Å². The number of halogens is 4. The molecule has 0 spiro atoms. The van der Waals surface area contributed by atoms with E-state index in [0.29, 0.717) is 18.6 Å². The van der Waals surface area contributed by atoms with Crippen molar-refractivity contribution in [3.63, 3.8) is 0 Å². The van der Waals surface area contributed by atoms with Crippen molar-refractivity contribution in [3.8, 4) is 0 Å². The molecule has 0 aromatic heterocycles. The molecule has 16 heavy (non-hydrogen) atoms. The first-order valence-electron chi connectivity index (χ1n) is 4.91. The Kier molecular flexibility index (Phi) is 3.91. The Morgan fingerprint density at radius 2 is 1.94 bits per heavy atom. The molecule has 0 saturated heterocycles. The van der Waals surface area contributed by atoms with Crippen LogP contribution in [-0.2, 0) is 6.18 Å². The van der Waals surface area contributed by atoms with Gasteiger partial charge in [-0.1, -0.05) is 13.3 Å². The summed E-state index contributed by atoms with van der Waals surface area (Å²) in [5.41, 5.74) is -1.24. The van der Waals surface area contributed by atoms with Gasteiger partial charge in [-0.15, -0.1) is 0 Å². The molecule has 1 nitrogen and oxygen atoms in total. The van der Waals surface area contributed by atoms with Crippen LogP contribution >= 0.6 is 0 Å². The first kappa shape index (κ1) is 13.0. The monoisotopic (exact) mass is 236 g/mol. The fourth-order valence-electron chi connectivity index (χ4n) is 1.40. The number of aliphatic hydroxyl groups is 1. The van der Waals surface area contributed by atoms with E-state index in [1.165, 1.54) is 0 Å². The minimum absolute atomic E-state index is 0.234. The Hall–Kier alpha value is -1.10. The van der Waals surface area contributed by atoms with Crippen LogP contribution in [0.4, 0.5) is 17.6 Å². The summed E-state index contributed by atoms with van der Waals surface area (Å²) in [5, 5.41) is 9.48. The third-order valence-corrected chi connectivity index (χ3v) is 2.24. The normalized spacial score (nSPS) is 13.9. The Morgan fingerprint density at radius 3 is 2.44 bits per heavy atom. The first-order chi connectivity index (χ1) is 7.36. The van der Waals surface area contributed by atoms with E-state index >= 15 is 0 Å². The summed E-state index contributed by atoms with van der Waals surface area (Å²) in [5.74, 6) is -0.811. The number of benzene rings is 1. The minimum atomic E-state index is -4.52. The summed E-state index contributed by atoms with van der Waals surface area (Å²) in [4.78, 5) is 0. The van der Waals surface area contributed by atoms with Gasteiger partial charge in [-0.2, -0.15) is 13.2 Å². The van der Waals surface area contributed by atoms with Crippen LogP contribution in [0.1, 0.15) is 37.0 Å². The highest BCUT2D eigenvalue weighted by Crippen LogP contribution is 2.32. The summed E-state index contributed by atoms with van der Waals surface area (Å²) in [7, 11) is 0. The zero-order chi connectivity index (χ0) is 12.3. The highest BCUT2D eigenvalue weighted by Gasteiger charge is 2.31. The third-order valence-electron chi connectivity index (χ3n) is 2.24. The number of rotatable bonds is 3. The SMILES string of the molecule is CCCC(O)c1cc(C(F)(F)F)ccc1F. The number of hydrogen-bond acceptors (Lipinski definition) is 1. The van der Waals surface area contributed by atoms with Gasteiger partial charge in [0.05, 0.1) is 11.7 Å². The van der Waals surface area contributed by atoms with Gasteiger partial charge in [-0.05, 0) is 24.6 Å². The molecule has 1 rings (SSSR count). The lowest BCUT2D eigenvalue weighted by atomic mass is 10.0. The first-order valence-corrected chi connectivity index (χ1v) is 4.91. The van der Waals surface area contributed by atoms with E-state index in [1.54, 1.807) is 6.92 Å². The van der Waals surface area contributed by atoms with E-state index in [-0.39, 0.29) is 12.0 Å². The second-order valence-electron chi connectivity index (χ2n) is 3.54. The molecule has 1 N–H and O–H groups in total. The van der Waals surface area contributed by atoms with Gasteiger partial charge in [0.15, 0.2) is 0 Å². The Morgan fingerprint density at radius 1 is 1.31 bits per heavy atom. The molecular weight excluding hydrogens is 224 g/mol. The molecule has 1 atom stereocenters. The predicted octanol–water partition coefficient (Wildman–Crippen LogP) is 3.68. The van der Waals surface area contributed by atoms with Gasteiger partial charge in [0.1, 0.15) is 5.82 Å². The van der Waals surface area contributed by atoms with Crippen molar-refractivity contribution in [3.05, 3.63) is 35.1 Å². The molecule has 90 valence electrons. The topological polar surface area (TPSA) is 20.2 Å². The number of hydrogen-bond donors (Lipinski definition) is 1. The molecular formula is C11H12F4O. The van der Waals surface area contributed by atoms with E-state index in [4.69, 9.17) is 0 Å². The summed E-state index contributed by atoms with van der Waals surface area (Å²) in [6.45, 7) is 1.76. The summed E-state index contributed by atoms with van der Waals surface area (Å²) < 4.78 is 50.2. The molecule has 5 heteroatoms. The van der Waals surface area contributed by atoms with Crippen LogP contribution in [0.2, 0.25) is 0 Å². The van der Waals surface area contributed by atoms with Crippen LogP contribution in [0, 0.1) is 5.82 Å². The molecule has 0 aliphatic carbocycles. The lowest BCUT2D eigenvalue weighted by Gasteiger charge is -2.13. The maximum atomic E-state index is 13.2. The van der Waals surface area contributed by atoms with Gasteiger partial charge in [0, 0.05) is 5.56 Å². The third kappa shape index (κ3) is 2.95. The predicted molar refractivity (Wildman–Crippen MR) is 51.3 cm³/mol. The fourth-order valence-corrected chi connectivity index (χ4v) is 1.40. The van der Waals surface area contributed by atoms with E-state index in [1.807, 2.05) is 0 Å². The second-order valence-corrected chi connectivity index (χ2v) is 3.54. The highest BCUT2D eigenvalue weighted by molar-refractivity contribution is 5.28. The minimum Gasteiger partial charge on any atom is -0.388 e. The molecule has 0 aliphatic heterocycles. The Bertz CT molecular complexity index is 359. The van der Waals surface area contributed by atoms with Gasteiger partial charge in [-0.3, -0.25) is 0 Å². The van der Waals surface area contributed by atoms with Crippen LogP contribution in [-0.4, -0.2) is 5.11 Å². The van der Waals surface area contributed by atoms with Crippen molar-refractivity contribution in [1.29, 1.82) is 0 Å². The summed E-state index contributed by atoms with van der Waals surface area (Å²) in [6, 6.07) is 2.06. The van der Waals surface area contributed by atoms with Crippen LogP contribution in [0.15, 0.2) is 18.2 Å². The van der Waals surface area contributed by atoms with Gasteiger partial charge in [0.2, 0.25) is 0 Å². The van der Waals surface area contributed by atoms with Crippen LogP contribution in [0.25, 0.3) is 0 Å². The average molecular weight is 236 g/mol. The van der Waals surface area contributed by atoms with Crippen LogP contribution < -0.4 is 0 Å². The van der Waals surface area contributed by atoms with E-state index in [9.17, 15) is 22.7 Å². The van der Waals surface area contributed by atoms with Gasteiger partial charge >= 0.3 is 6.18 Å². The molecule has 1 unspecified atom stereocenters.